The van der Waals surface area contributed by atoms with E-state index >= 15 is 0 Å². The number of halogens is 3. The molecule has 1 aromatic heterocycles. The first-order valence-electron chi connectivity index (χ1n) is 6.27. The summed E-state index contributed by atoms with van der Waals surface area (Å²) in [4.78, 5) is 3.75. The van der Waals surface area contributed by atoms with E-state index in [9.17, 15) is 18.3 Å². The molecule has 0 fully saturated rings. The van der Waals surface area contributed by atoms with E-state index in [0.29, 0.717) is 6.42 Å². The average Bonchev–Trinajstić information content (AvgIpc) is 2.23. The zero-order valence-corrected chi connectivity index (χ0v) is 11.5. The SMILES string of the molecule is CC(C)(C)CC[C@H](O)c1cccnc1CC(F)(F)F. The van der Waals surface area contributed by atoms with Crippen LogP contribution in [0.2, 0.25) is 0 Å². The molecule has 0 saturated heterocycles. The van der Waals surface area contributed by atoms with Crippen molar-refractivity contribution in [3.8, 4) is 0 Å². The first-order valence-corrected chi connectivity index (χ1v) is 6.27. The maximum absolute atomic E-state index is 12.4. The first kappa shape index (κ1) is 16.0. The highest BCUT2D eigenvalue weighted by molar-refractivity contribution is 5.23. The molecule has 1 heterocycles. The fourth-order valence-corrected chi connectivity index (χ4v) is 1.82. The van der Waals surface area contributed by atoms with Gasteiger partial charge in [-0.15, -0.1) is 0 Å². The van der Waals surface area contributed by atoms with Crippen molar-refractivity contribution in [2.45, 2.75) is 52.3 Å². The van der Waals surface area contributed by atoms with Crippen molar-refractivity contribution in [2.75, 3.05) is 0 Å². The van der Waals surface area contributed by atoms with E-state index in [4.69, 9.17) is 0 Å². The minimum Gasteiger partial charge on any atom is -0.388 e. The predicted molar refractivity (Wildman–Crippen MR) is 67.6 cm³/mol. The lowest BCUT2D eigenvalue weighted by atomic mass is 9.87. The number of alkyl halides is 3. The van der Waals surface area contributed by atoms with Gasteiger partial charge in [0.05, 0.1) is 18.2 Å². The summed E-state index contributed by atoms with van der Waals surface area (Å²) in [5.74, 6) is 0. The lowest BCUT2D eigenvalue weighted by Gasteiger charge is -2.21. The van der Waals surface area contributed by atoms with Crippen molar-refractivity contribution in [3.63, 3.8) is 0 Å². The number of rotatable bonds is 4. The fraction of sp³-hybridized carbons (Fsp3) is 0.643. The fourth-order valence-electron chi connectivity index (χ4n) is 1.82. The Bertz CT molecular complexity index is 410. The molecule has 0 amide bonds. The molecule has 0 saturated carbocycles. The van der Waals surface area contributed by atoms with E-state index in [1.165, 1.54) is 12.3 Å². The van der Waals surface area contributed by atoms with Crippen molar-refractivity contribution in [1.82, 2.24) is 4.98 Å². The third-order valence-corrected chi connectivity index (χ3v) is 2.82. The number of nitrogens with zero attached hydrogens (tertiary/aromatic N) is 1. The minimum atomic E-state index is -4.31. The topological polar surface area (TPSA) is 33.1 Å². The molecule has 1 N–H and O–H groups in total. The van der Waals surface area contributed by atoms with Crippen LogP contribution in [0.1, 0.15) is 51.0 Å². The first-order chi connectivity index (χ1) is 8.58. The van der Waals surface area contributed by atoms with Gasteiger partial charge in [-0.25, -0.2) is 0 Å². The molecule has 0 aliphatic heterocycles. The third-order valence-electron chi connectivity index (χ3n) is 2.82. The van der Waals surface area contributed by atoms with Crippen molar-refractivity contribution in [2.24, 2.45) is 5.41 Å². The van der Waals surface area contributed by atoms with Crippen LogP contribution < -0.4 is 0 Å². The average molecular weight is 275 g/mol. The van der Waals surface area contributed by atoms with Crippen molar-refractivity contribution in [3.05, 3.63) is 29.6 Å². The van der Waals surface area contributed by atoms with Gasteiger partial charge in [-0.3, -0.25) is 4.98 Å². The molecule has 1 atom stereocenters. The Morgan fingerprint density at radius 1 is 1.26 bits per heavy atom. The smallest absolute Gasteiger partial charge is 0.388 e. The second-order valence-electron chi connectivity index (χ2n) is 5.95. The molecule has 0 bridgehead atoms. The Hall–Kier alpha value is -1.10. The Kier molecular flexibility index (Phi) is 4.96. The quantitative estimate of drug-likeness (QED) is 0.899. The monoisotopic (exact) mass is 275 g/mol. The van der Waals surface area contributed by atoms with Gasteiger partial charge < -0.3 is 5.11 Å². The van der Waals surface area contributed by atoms with Crippen LogP contribution in [0.4, 0.5) is 13.2 Å². The summed E-state index contributed by atoms with van der Waals surface area (Å²) in [6.07, 6.45) is -3.83. The zero-order valence-electron chi connectivity index (χ0n) is 11.5. The van der Waals surface area contributed by atoms with Gasteiger partial charge in [0.1, 0.15) is 0 Å². The van der Waals surface area contributed by atoms with Crippen LogP contribution in [0.3, 0.4) is 0 Å². The van der Waals surface area contributed by atoms with Crippen LogP contribution in [0.5, 0.6) is 0 Å². The molecule has 5 heteroatoms. The molecule has 108 valence electrons. The molecular weight excluding hydrogens is 255 g/mol. The van der Waals surface area contributed by atoms with Gasteiger partial charge in [0.2, 0.25) is 0 Å². The highest BCUT2D eigenvalue weighted by Crippen LogP contribution is 2.30. The maximum atomic E-state index is 12.4. The highest BCUT2D eigenvalue weighted by Gasteiger charge is 2.30. The molecular formula is C14H20F3NO. The van der Waals surface area contributed by atoms with Crippen LogP contribution in [0, 0.1) is 5.41 Å². The van der Waals surface area contributed by atoms with Crippen LogP contribution in [-0.4, -0.2) is 16.3 Å². The summed E-state index contributed by atoms with van der Waals surface area (Å²) < 4.78 is 37.3. The number of hydrogen-bond acceptors (Lipinski definition) is 2. The van der Waals surface area contributed by atoms with Gasteiger partial charge in [0.15, 0.2) is 0 Å². The van der Waals surface area contributed by atoms with Gasteiger partial charge in [-0.1, -0.05) is 26.8 Å². The van der Waals surface area contributed by atoms with Crippen LogP contribution in [0.15, 0.2) is 18.3 Å². The molecule has 0 aromatic carbocycles. The number of aliphatic hydroxyl groups excluding tert-OH is 1. The van der Waals surface area contributed by atoms with Gasteiger partial charge in [-0.05, 0) is 24.3 Å². The van der Waals surface area contributed by atoms with E-state index in [0.717, 1.165) is 6.42 Å². The lowest BCUT2D eigenvalue weighted by molar-refractivity contribution is -0.128. The molecule has 0 unspecified atom stereocenters. The normalized spacial score (nSPS) is 14.5. The Balaban J connectivity index is 2.82. The van der Waals surface area contributed by atoms with Gasteiger partial charge >= 0.3 is 6.18 Å². The Labute approximate surface area is 111 Å². The van der Waals surface area contributed by atoms with E-state index in [2.05, 4.69) is 4.98 Å². The predicted octanol–water partition coefficient (Wildman–Crippen LogP) is 4.05. The lowest BCUT2D eigenvalue weighted by Crippen LogP contribution is -2.16. The van der Waals surface area contributed by atoms with Gasteiger partial charge in [0.25, 0.3) is 0 Å². The van der Waals surface area contributed by atoms with Crippen LogP contribution in [0.25, 0.3) is 0 Å². The van der Waals surface area contributed by atoms with E-state index in [-0.39, 0.29) is 16.7 Å². The molecule has 0 spiro atoms. The summed E-state index contributed by atoms with van der Waals surface area (Å²) in [7, 11) is 0. The van der Waals surface area contributed by atoms with Crippen molar-refractivity contribution < 1.29 is 18.3 Å². The van der Waals surface area contributed by atoms with Crippen molar-refractivity contribution in [1.29, 1.82) is 0 Å². The Morgan fingerprint density at radius 2 is 1.89 bits per heavy atom. The van der Waals surface area contributed by atoms with E-state index in [1.54, 1.807) is 6.07 Å². The summed E-state index contributed by atoms with van der Waals surface area (Å²) in [6, 6.07) is 3.07. The Morgan fingerprint density at radius 3 is 2.42 bits per heavy atom. The molecule has 1 aromatic rings. The van der Waals surface area contributed by atoms with Gasteiger partial charge in [0, 0.05) is 11.8 Å². The molecule has 0 radical (unpaired) electrons. The highest BCUT2D eigenvalue weighted by atomic mass is 19.4. The number of pyridine rings is 1. The second-order valence-corrected chi connectivity index (χ2v) is 5.95. The molecule has 0 aliphatic rings. The minimum absolute atomic E-state index is 0.0351. The molecule has 19 heavy (non-hydrogen) atoms. The largest absolute Gasteiger partial charge is 0.394 e. The number of hydrogen-bond donors (Lipinski definition) is 1. The standard InChI is InChI=1S/C14H20F3NO/c1-13(2,3)7-6-12(19)10-5-4-8-18-11(10)9-14(15,16)17/h4-5,8,12,19H,6-7,9H2,1-3H3/t12-/m0/s1. The summed E-state index contributed by atoms with van der Waals surface area (Å²) in [5.41, 5.74) is 0.230. The van der Waals surface area contributed by atoms with Crippen LogP contribution in [-0.2, 0) is 6.42 Å². The number of aliphatic hydroxyl groups is 1. The summed E-state index contributed by atoms with van der Waals surface area (Å²) >= 11 is 0. The second kappa shape index (κ2) is 5.90. The summed E-state index contributed by atoms with van der Waals surface area (Å²) in [6.45, 7) is 6.08. The molecule has 2 nitrogen and oxygen atoms in total. The van der Waals surface area contributed by atoms with Crippen LogP contribution >= 0.6 is 0 Å². The number of aromatic nitrogens is 1. The zero-order chi connectivity index (χ0) is 14.7. The molecule has 0 aliphatic carbocycles. The van der Waals surface area contributed by atoms with Crippen molar-refractivity contribution >= 4 is 0 Å². The molecule has 1 rings (SSSR count). The van der Waals surface area contributed by atoms with Gasteiger partial charge in [-0.2, -0.15) is 13.2 Å². The maximum Gasteiger partial charge on any atom is 0.394 e. The third kappa shape index (κ3) is 6.05. The van der Waals surface area contributed by atoms with E-state index in [1.807, 2.05) is 20.8 Å². The summed E-state index contributed by atoms with van der Waals surface area (Å²) in [5, 5.41) is 10.1. The van der Waals surface area contributed by atoms with E-state index < -0.39 is 18.7 Å².